The first kappa shape index (κ1) is 25.0. The first-order valence-corrected chi connectivity index (χ1v) is 12.4. The molecular formula is C27H30BrN3O4. The zero-order valence-corrected chi connectivity index (χ0v) is 22.2. The van der Waals surface area contributed by atoms with Gasteiger partial charge in [0, 0.05) is 22.5 Å². The molecule has 1 atom stereocenters. The van der Waals surface area contributed by atoms with Crippen molar-refractivity contribution in [2.75, 3.05) is 13.2 Å². The number of nitrogens with zero attached hydrogens (tertiary/aromatic N) is 3. The minimum absolute atomic E-state index is 0.0911. The number of aryl methyl sites for hydroxylation is 2. The number of carbonyl (C=O) groups is 1. The third-order valence-corrected chi connectivity index (χ3v) is 7.21. The number of carbonyl (C=O) groups excluding carboxylic acids is 1. The molecule has 0 bridgehead atoms. The predicted molar refractivity (Wildman–Crippen MR) is 140 cm³/mol. The van der Waals surface area contributed by atoms with Crippen molar-refractivity contribution < 1.29 is 19.4 Å². The molecule has 4 aromatic rings. The number of ether oxygens (including phenoxy) is 2. The van der Waals surface area contributed by atoms with Crippen molar-refractivity contribution in [3.8, 4) is 11.4 Å². The molecule has 0 fully saturated rings. The standard InChI is InChI=1S/C27H30BrN3O4/c1-6-34-27(33)25-18(4)31(20-9-7-16(2)8-10-20)24-12-11-22(13-23(24)25)35-15-21(32)14-30-19(5)26(28)17(3)29-30/h7-13,21,32H,6,14-15H2,1-5H3. The van der Waals surface area contributed by atoms with Gasteiger partial charge >= 0.3 is 5.97 Å². The first-order valence-electron chi connectivity index (χ1n) is 11.6. The Morgan fingerprint density at radius 3 is 2.43 bits per heavy atom. The fourth-order valence-electron chi connectivity index (χ4n) is 4.27. The molecule has 4 rings (SSSR count). The molecule has 184 valence electrons. The van der Waals surface area contributed by atoms with E-state index in [2.05, 4.69) is 25.6 Å². The van der Waals surface area contributed by atoms with Gasteiger partial charge in [0.15, 0.2) is 0 Å². The SMILES string of the molecule is CCOC(=O)c1c(C)n(-c2ccc(C)cc2)c2ccc(OCC(O)Cn3nc(C)c(Br)c3C)cc12. The summed E-state index contributed by atoms with van der Waals surface area (Å²) < 4.78 is 16.1. The Kier molecular flexibility index (Phi) is 7.33. The van der Waals surface area contributed by atoms with Crippen molar-refractivity contribution in [1.29, 1.82) is 0 Å². The van der Waals surface area contributed by atoms with Crippen molar-refractivity contribution in [3.05, 3.63) is 75.1 Å². The molecule has 0 saturated carbocycles. The van der Waals surface area contributed by atoms with E-state index in [1.807, 2.05) is 70.2 Å². The number of hydrogen-bond donors (Lipinski definition) is 1. The maximum absolute atomic E-state index is 12.9. The monoisotopic (exact) mass is 539 g/mol. The van der Waals surface area contributed by atoms with Crippen molar-refractivity contribution in [1.82, 2.24) is 14.3 Å². The van der Waals surface area contributed by atoms with Crippen molar-refractivity contribution >= 4 is 32.8 Å². The molecule has 0 radical (unpaired) electrons. The van der Waals surface area contributed by atoms with Gasteiger partial charge in [0.25, 0.3) is 0 Å². The summed E-state index contributed by atoms with van der Waals surface area (Å²) in [6.45, 7) is 10.3. The lowest BCUT2D eigenvalue weighted by Crippen LogP contribution is -2.24. The maximum Gasteiger partial charge on any atom is 0.340 e. The Bertz CT molecular complexity index is 1370. The van der Waals surface area contributed by atoms with E-state index in [4.69, 9.17) is 9.47 Å². The highest BCUT2D eigenvalue weighted by molar-refractivity contribution is 9.10. The molecule has 8 heteroatoms. The molecular weight excluding hydrogens is 510 g/mol. The smallest absolute Gasteiger partial charge is 0.340 e. The number of hydrogen-bond acceptors (Lipinski definition) is 5. The Morgan fingerprint density at radius 2 is 1.80 bits per heavy atom. The minimum Gasteiger partial charge on any atom is -0.491 e. The lowest BCUT2D eigenvalue weighted by atomic mass is 10.1. The van der Waals surface area contributed by atoms with Gasteiger partial charge in [-0.25, -0.2) is 4.79 Å². The number of halogens is 1. The number of aromatic nitrogens is 3. The van der Waals surface area contributed by atoms with Crippen LogP contribution in [0.1, 0.15) is 39.9 Å². The highest BCUT2D eigenvalue weighted by atomic mass is 79.9. The summed E-state index contributed by atoms with van der Waals surface area (Å²) in [5.74, 6) is 0.200. The van der Waals surface area contributed by atoms with Gasteiger partial charge in [0.2, 0.25) is 0 Å². The average Bonchev–Trinajstić information content (AvgIpc) is 3.25. The van der Waals surface area contributed by atoms with Crippen LogP contribution in [0.25, 0.3) is 16.6 Å². The van der Waals surface area contributed by atoms with Gasteiger partial charge in [-0.15, -0.1) is 0 Å². The maximum atomic E-state index is 12.9. The summed E-state index contributed by atoms with van der Waals surface area (Å²) in [7, 11) is 0. The molecule has 2 aromatic heterocycles. The molecule has 35 heavy (non-hydrogen) atoms. The lowest BCUT2D eigenvalue weighted by molar-refractivity contribution is 0.0527. The van der Waals surface area contributed by atoms with Gasteiger partial charge in [-0.3, -0.25) is 4.68 Å². The van der Waals surface area contributed by atoms with Crippen LogP contribution < -0.4 is 4.74 Å². The largest absolute Gasteiger partial charge is 0.491 e. The molecule has 1 N–H and O–H groups in total. The van der Waals surface area contributed by atoms with Crippen LogP contribution in [-0.2, 0) is 11.3 Å². The second-order valence-electron chi connectivity index (χ2n) is 8.66. The van der Waals surface area contributed by atoms with Gasteiger partial charge < -0.3 is 19.1 Å². The zero-order chi connectivity index (χ0) is 25.3. The predicted octanol–water partition coefficient (Wildman–Crippen LogP) is 5.44. The number of aliphatic hydroxyl groups is 1. The van der Waals surface area contributed by atoms with Crippen LogP contribution in [-0.4, -0.2) is 44.7 Å². The van der Waals surface area contributed by atoms with Crippen LogP contribution in [0.4, 0.5) is 0 Å². The summed E-state index contributed by atoms with van der Waals surface area (Å²) in [6, 6.07) is 13.8. The van der Waals surface area contributed by atoms with E-state index in [-0.39, 0.29) is 12.6 Å². The zero-order valence-electron chi connectivity index (χ0n) is 20.6. The Hall–Kier alpha value is -3.10. The molecule has 2 aromatic carbocycles. The highest BCUT2D eigenvalue weighted by Crippen LogP contribution is 2.33. The molecule has 0 aliphatic rings. The number of rotatable bonds is 8. The van der Waals surface area contributed by atoms with Crippen LogP contribution in [0, 0.1) is 27.7 Å². The van der Waals surface area contributed by atoms with E-state index >= 15 is 0 Å². The highest BCUT2D eigenvalue weighted by Gasteiger charge is 2.23. The molecule has 0 aliphatic heterocycles. The van der Waals surface area contributed by atoms with Gasteiger partial charge in [-0.05, 0) is 80.9 Å². The summed E-state index contributed by atoms with van der Waals surface area (Å²) in [5.41, 5.74) is 6.16. The van der Waals surface area contributed by atoms with E-state index in [9.17, 15) is 9.90 Å². The molecule has 0 saturated heterocycles. The Labute approximate surface area is 213 Å². The number of fused-ring (bicyclic) bond motifs is 1. The van der Waals surface area contributed by atoms with E-state index in [1.165, 1.54) is 0 Å². The van der Waals surface area contributed by atoms with E-state index in [1.54, 1.807) is 11.6 Å². The molecule has 7 nitrogen and oxygen atoms in total. The molecule has 1 unspecified atom stereocenters. The van der Waals surface area contributed by atoms with Gasteiger partial charge in [-0.1, -0.05) is 17.7 Å². The normalized spacial score (nSPS) is 12.2. The first-order chi connectivity index (χ1) is 16.7. The molecule has 2 heterocycles. The van der Waals surface area contributed by atoms with Gasteiger partial charge in [-0.2, -0.15) is 5.10 Å². The molecule has 0 amide bonds. The van der Waals surface area contributed by atoms with Crippen molar-refractivity contribution in [2.45, 2.75) is 47.3 Å². The fraction of sp³-hybridized carbons (Fsp3) is 0.333. The van der Waals surface area contributed by atoms with Crippen LogP contribution in [0.2, 0.25) is 0 Å². The topological polar surface area (TPSA) is 78.5 Å². The summed E-state index contributed by atoms with van der Waals surface area (Å²) in [4.78, 5) is 12.9. The summed E-state index contributed by atoms with van der Waals surface area (Å²) >= 11 is 3.51. The van der Waals surface area contributed by atoms with Gasteiger partial charge in [0.1, 0.15) is 18.5 Å². The minimum atomic E-state index is -0.751. The fourth-order valence-corrected chi connectivity index (χ4v) is 4.56. The Morgan fingerprint density at radius 1 is 1.09 bits per heavy atom. The van der Waals surface area contributed by atoms with Crippen LogP contribution in [0.3, 0.4) is 0 Å². The Balaban J connectivity index is 1.64. The van der Waals surface area contributed by atoms with Crippen LogP contribution in [0.5, 0.6) is 5.75 Å². The molecule has 0 spiro atoms. The van der Waals surface area contributed by atoms with E-state index < -0.39 is 6.10 Å². The van der Waals surface area contributed by atoms with E-state index in [0.29, 0.717) is 24.5 Å². The molecule has 0 aliphatic carbocycles. The van der Waals surface area contributed by atoms with Crippen molar-refractivity contribution in [2.24, 2.45) is 0 Å². The van der Waals surface area contributed by atoms with E-state index in [0.717, 1.165) is 43.7 Å². The summed E-state index contributed by atoms with van der Waals surface area (Å²) in [5, 5.41) is 15.7. The van der Waals surface area contributed by atoms with Crippen LogP contribution in [0.15, 0.2) is 46.9 Å². The quantitative estimate of drug-likeness (QED) is 0.301. The number of esters is 1. The third-order valence-electron chi connectivity index (χ3n) is 6.07. The third kappa shape index (κ3) is 4.99. The number of benzene rings is 2. The van der Waals surface area contributed by atoms with Crippen molar-refractivity contribution in [3.63, 3.8) is 0 Å². The number of aliphatic hydroxyl groups excluding tert-OH is 1. The van der Waals surface area contributed by atoms with Gasteiger partial charge in [0.05, 0.1) is 34.4 Å². The average molecular weight is 540 g/mol. The van der Waals surface area contributed by atoms with Crippen LogP contribution >= 0.6 is 15.9 Å². The lowest BCUT2D eigenvalue weighted by Gasteiger charge is -2.14. The summed E-state index contributed by atoms with van der Waals surface area (Å²) in [6.07, 6.45) is -0.751. The second kappa shape index (κ2) is 10.3. The second-order valence-corrected chi connectivity index (χ2v) is 9.46.